The maximum absolute atomic E-state index is 13.0. The van der Waals surface area contributed by atoms with Crippen LogP contribution in [-0.4, -0.2) is 35.2 Å². The standard InChI is InChI=1S/C25H30F3NO3.ClH/c1-24(2,3)15-22(30)18-13-19(16-29-11-5-4-6-12-29)23(31)21(14-18)17-7-9-20(10-8-17)32-25(26,27)28;/h7-10,13-14,31H,4-6,11-12,15-16H2,1-3H3;1H. The number of ketones is 1. The van der Waals surface area contributed by atoms with Crippen molar-refractivity contribution in [3.05, 3.63) is 47.5 Å². The number of ether oxygens (including phenoxy) is 1. The Morgan fingerprint density at radius 2 is 1.64 bits per heavy atom. The summed E-state index contributed by atoms with van der Waals surface area (Å²) in [6.07, 6.45) is -1.05. The molecule has 0 aromatic heterocycles. The lowest BCUT2D eigenvalue weighted by atomic mass is 9.86. The van der Waals surface area contributed by atoms with E-state index in [9.17, 15) is 23.1 Å². The van der Waals surface area contributed by atoms with Gasteiger partial charge < -0.3 is 9.84 Å². The first kappa shape index (κ1) is 27.0. The normalized spacial score (nSPS) is 15.1. The van der Waals surface area contributed by atoms with Gasteiger partial charge in [-0.05, 0) is 61.2 Å². The Labute approximate surface area is 199 Å². The largest absolute Gasteiger partial charge is 0.573 e. The van der Waals surface area contributed by atoms with Crippen LogP contribution < -0.4 is 4.74 Å². The van der Waals surface area contributed by atoms with Crippen molar-refractivity contribution < 1.29 is 27.8 Å². The monoisotopic (exact) mass is 485 g/mol. The van der Waals surface area contributed by atoms with Gasteiger partial charge in [-0.15, -0.1) is 25.6 Å². The Bertz CT molecular complexity index is 947. The Morgan fingerprint density at radius 1 is 1.03 bits per heavy atom. The first-order valence-corrected chi connectivity index (χ1v) is 10.9. The van der Waals surface area contributed by atoms with Gasteiger partial charge in [-0.1, -0.05) is 39.3 Å². The fraction of sp³-hybridized carbons (Fsp3) is 0.480. The lowest BCUT2D eigenvalue weighted by Gasteiger charge is -2.27. The molecule has 0 atom stereocenters. The average molecular weight is 486 g/mol. The number of piperidine rings is 1. The number of rotatable bonds is 6. The van der Waals surface area contributed by atoms with E-state index in [2.05, 4.69) is 9.64 Å². The van der Waals surface area contributed by atoms with E-state index in [1.165, 1.54) is 30.7 Å². The molecule has 8 heteroatoms. The molecule has 0 unspecified atom stereocenters. The topological polar surface area (TPSA) is 49.8 Å². The summed E-state index contributed by atoms with van der Waals surface area (Å²) < 4.78 is 41.4. The van der Waals surface area contributed by atoms with Gasteiger partial charge in [0.05, 0.1) is 0 Å². The third kappa shape index (κ3) is 7.93. The molecular formula is C25H31ClF3NO3. The van der Waals surface area contributed by atoms with Crippen LogP contribution >= 0.6 is 12.4 Å². The summed E-state index contributed by atoms with van der Waals surface area (Å²) in [7, 11) is 0. The molecule has 2 aromatic carbocycles. The number of likely N-dealkylation sites (tertiary alicyclic amines) is 1. The average Bonchev–Trinajstić information content (AvgIpc) is 2.68. The zero-order chi connectivity index (χ0) is 23.5. The molecule has 0 radical (unpaired) electrons. The van der Waals surface area contributed by atoms with E-state index >= 15 is 0 Å². The number of halogens is 4. The van der Waals surface area contributed by atoms with Gasteiger partial charge in [-0.3, -0.25) is 9.69 Å². The van der Waals surface area contributed by atoms with Crippen molar-refractivity contribution in [1.29, 1.82) is 0 Å². The van der Waals surface area contributed by atoms with Gasteiger partial charge in [0.15, 0.2) is 5.78 Å². The van der Waals surface area contributed by atoms with E-state index in [0.717, 1.165) is 25.9 Å². The lowest BCUT2D eigenvalue weighted by molar-refractivity contribution is -0.274. The third-order valence-corrected chi connectivity index (χ3v) is 5.44. The zero-order valence-corrected chi connectivity index (χ0v) is 20.0. The second-order valence-electron chi connectivity index (χ2n) is 9.60. The quantitative estimate of drug-likeness (QED) is 0.448. The van der Waals surface area contributed by atoms with Crippen molar-refractivity contribution in [1.82, 2.24) is 4.90 Å². The summed E-state index contributed by atoms with van der Waals surface area (Å²) in [4.78, 5) is 15.2. The summed E-state index contributed by atoms with van der Waals surface area (Å²) in [5, 5.41) is 11.0. The molecule has 182 valence electrons. The van der Waals surface area contributed by atoms with Gasteiger partial charge in [-0.25, -0.2) is 0 Å². The van der Waals surface area contributed by atoms with Gasteiger partial charge in [-0.2, -0.15) is 0 Å². The summed E-state index contributed by atoms with van der Waals surface area (Å²) in [5.41, 5.74) is 1.89. The van der Waals surface area contributed by atoms with Gasteiger partial charge in [0, 0.05) is 29.7 Å². The second kappa shape index (κ2) is 10.8. The van der Waals surface area contributed by atoms with Gasteiger partial charge >= 0.3 is 6.36 Å². The molecule has 3 rings (SSSR count). The Kier molecular flexibility index (Phi) is 8.82. The number of aromatic hydroxyl groups is 1. The van der Waals surface area contributed by atoms with Gasteiger partial charge in [0.1, 0.15) is 11.5 Å². The number of Topliss-reactive ketones (excluding diaryl/α,β-unsaturated/α-hetero) is 1. The van der Waals surface area contributed by atoms with E-state index in [0.29, 0.717) is 35.2 Å². The predicted molar refractivity (Wildman–Crippen MR) is 125 cm³/mol. The number of hydrogen-bond donors (Lipinski definition) is 1. The van der Waals surface area contributed by atoms with Gasteiger partial charge in [0.2, 0.25) is 0 Å². The first-order chi connectivity index (χ1) is 14.9. The number of hydrogen-bond acceptors (Lipinski definition) is 4. The zero-order valence-electron chi connectivity index (χ0n) is 19.2. The Balaban J connectivity index is 0.00000385. The van der Waals surface area contributed by atoms with Crippen molar-refractivity contribution in [3.8, 4) is 22.6 Å². The Hall–Kier alpha value is -2.25. The molecule has 1 heterocycles. The summed E-state index contributed by atoms with van der Waals surface area (Å²) in [6, 6.07) is 8.70. The highest BCUT2D eigenvalue weighted by Crippen LogP contribution is 2.37. The van der Waals surface area contributed by atoms with Gasteiger partial charge in [0.25, 0.3) is 0 Å². The van der Waals surface area contributed by atoms with E-state index in [4.69, 9.17) is 0 Å². The number of benzene rings is 2. The molecule has 1 aliphatic rings. The molecule has 0 saturated carbocycles. The number of phenols is 1. The van der Waals surface area contributed by atoms with E-state index in [1.54, 1.807) is 12.1 Å². The summed E-state index contributed by atoms with van der Waals surface area (Å²) in [6.45, 7) is 8.34. The highest BCUT2D eigenvalue weighted by Gasteiger charge is 2.31. The Morgan fingerprint density at radius 3 is 2.18 bits per heavy atom. The maximum Gasteiger partial charge on any atom is 0.573 e. The number of carbonyl (C=O) groups excluding carboxylic acids is 1. The van der Waals surface area contributed by atoms with E-state index in [-0.39, 0.29) is 35.1 Å². The van der Waals surface area contributed by atoms with Crippen molar-refractivity contribution in [2.75, 3.05) is 13.1 Å². The molecule has 1 N–H and O–H groups in total. The first-order valence-electron chi connectivity index (χ1n) is 10.9. The van der Waals surface area contributed by atoms with Crippen LogP contribution in [0.25, 0.3) is 11.1 Å². The number of alkyl halides is 3. The minimum absolute atomic E-state index is 0. The molecule has 1 fully saturated rings. The smallest absolute Gasteiger partial charge is 0.507 e. The van der Waals surface area contributed by atoms with Crippen LogP contribution in [0.5, 0.6) is 11.5 Å². The molecule has 0 aliphatic carbocycles. The van der Waals surface area contributed by atoms with Crippen molar-refractivity contribution in [2.24, 2.45) is 5.41 Å². The molecule has 0 bridgehead atoms. The fourth-order valence-corrected chi connectivity index (χ4v) is 3.97. The highest BCUT2D eigenvalue weighted by molar-refractivity contribution is 5.98. The molecular weight excluding hydrogens is 455 g/mol. The molecule has 1 saturated heterocycles. The van der Waals surface area contributed by atoms with Crippen LogP contribution in [0.2, 0.25) is 0 Å². The number of nitrogens with zero attached hydrogens (tertiary/aromatic N) is 1. The van der Waals surface area contributed by atoms with Crippen LogP contribution in [0.3, 0.4) is 0 Å². The molecule has 0 spiro atoms. The van der Waals surface area contributed by atoms with Crippen molar-refractivity contribution >= 4 is 18.2 Å². The third-order valence-electron chi connectivity index (χ3n) is 5.44. The SMILES string of the molecule is CC(C)(C)CC(=O)c1cc(CN2CCCCC2)c(O)c(-c2ccc(OC(F)(F)F)cc2)c1.Cl. The molecule has 1 aliphatic heterocycles. The van der Waals surface area contributed by atoms with Crippen LogP contribution in [-0.2, 0) is 6.54 Å². The fourth-order valence-electron chi connectivity index (χ4n) is 3.97. The second-order valence-corrected chi connectivity index (χ2v) is 9.60. The van der Waals surface area contributed by atoms with E-state index in [1.807, 2.05) is 20.8 Å². The molecule has 0 amide bonds. The summed E-state index contributed by atoms with van der Waals surface area (Å²) in [5.74, 6) is -0.322. The predicted octanol–water partition coefficient (Wildman–Crippen LogP) is 6.98. The minimum Gasteiger partial charge on any atom is -0.507 e. The highest BCUT2D eigenvalue weighted by atomic mass is 35.5. The van der Waals surface area contributed by atoms with Crippen LogP contribution in [0.15, 0.2) is 36.4 Å². The van der Waals surface area contributed by atoms with Crippen LogP contribution in [0, 0.1) is 5.41 Å². The summed E-state index contributed by atoms with van der Waals surface area (Å²) >= 11 is 0. The minimum atomic E-state index is -4.77. The van der Waals surface area contributed by atoms with E-state index < -0.39 is 6.36 Å². The van der Waals surface area contributed by atoms with Crippen LogP contribution in [0.1, 0.15) is 62.4 Å². The molecule has 4 nitrogen and oxygen atoms in total. The van der Waals surface area contributed by atoms with Crippen LogP contribution in [0.4, 0.5) is 13.2 Å². The lowest BCUT2D eigenvalue weighted by Crippen LogP contribution is -2.29. The molecule has 2 aromatic rings. The maximum atomic E-state index is 13.0. The molecule has 33 heavy (non-hydrogen) atoms. The van der Waals surface area contributed by atoms with Crippen molar-refractivity contribution in [2.45, 2.75) is 59.4 Å². The number of phenolic OH excluding ortho intramolecular Hbond substituents is 1. The number of carbonyl (C=O) groups is 1. The van der Waals surface area contributed by atoms with Crippen molar-refractivity contribution in [3.63, 3.8) is 0 Å².